The smallest absolute Gasteiger partial charge is 0.0972 e. The van der Waals surface area contributed by atoms with E-state index in [1.165, 1.54) is 54.6 Å². The summed E-state index contributed by atoms with van der Waals surface area (Å²) >= 11 is 0. The molecule has 0 fully saturated rings. The fraction of sp³-hybridized carbons (Fsp3) is 0. The SMILES string of the molecule is c1ccc(-c2ccc3ccc4ccc(-c5cccc(-c6ccc(-c7ccc8ccc9cccc%10ccc7c8c9%10)cc6)c5)nc4c3n2)cc1. The van der Waals surface area contributed by atoms with Crippen molar-refractivity contribution in [2.45, 2.75) is 0 Å². The molecule has 0 saturated carbocycles. The van der Waals surface area contributed by atoms with Gasteiger partial charge in [0.05, 0.1) is 22.4 Å². The van der Waals surface area contributed by atoms with Crippen molar-refractivity contribution in [3.05, 3.63) is 170 Å². The lowest BCUT2D eigenvalue weighted by Gasteiger charge is -2.14. The summed E-state index contributed by atoms with van der Waals surface area (Å²) in [5.41, 5.74) is 10.8. The summed E-state index contributed by atoms with van der Waals surface area (Å²) in [6.07, 6.45) is 0. The molecule has 0 aliphatic heterocycles. The van der Waals surface area contributed by atoms with E-state index in [4.69, 9.17) is 9.97 Å². The zero-order valence-corrected chi connectivity index (χ0v) is 26.1. The van der Waals surface area contributed by atoms with Gasteiger partial charge in [0.1, 0.15) is 0 Å². The molecular weight excluding hydrogens is 581 g/mol. The second-order valence-electron chi connectivity index (χ2n) is 12.6. The number of aromatic nitrogens is 2. The molecule has 0 aliphatic carbocycles. The number of pyridine rings is 2. The molecule has 2 heteroatoms. The Balaban J connectivity index is 1.03. The minimum absolute atomic E-state index is 0.922. The molecule has 8 aromatic carbocycles. The van der Waals surface area contributed by atoms with Crippen LogP contribution in [0.1, 0.15) is 0 Å². The topological polar surface area (TPSA) is 25.8 Å². The van der Waals surface area contributed by atoms with Crippen molar-refractivity contribution < 1.29 is 0 Å². The lowest BCUT2D eigenvalue weighted by molar-refractivity contribution is 1.36. The number of rotatable bonds is 4. The van der Waals surface area contributed by atoms with Crippen molar-refractivity contribution in [1.82, 2.24) is 9.97 Å². The van der Waals surface area contributed by atoms with Crippen LogP contribution in [0.15, 0.2) is 170 Å². The van der Waals surface area contributed by atoms with Crippen molar-refractivity contribution in [2.24, 2.45) is 0 Å². The molecule has 0 aliphatic rings. The molecule has 0 bridgehead atoms. The van der Waals surface area contributed by atoms with Gasteiger partial charge in [0, 0.05) is 21.9 Å². The third-order valence-corrected chi connectivity index (χ3v) is 9.81. The van der Waals surface area contributed by atoms with E-state index in [1.54, 1.807) is 0 Å². The predicted octanol–water partition coefficient (Wildman–Crippen LogP) is 12.3. The van der Waals surface area contributed by atoms with Gasteiger partial charge in [-0.25, -0.2) is 9.97 Å². The number of hydrogen-bond donors (Lipinski definition) is 0. The predicted molar refractivity (Wildman–Crippen MR) is 202 cm³/mol. The van der Waals surface area contributed by atoms with E-state index in [2.05, 4.69) is 152 Å². The van der Waals surface area contributed by atoms with Gasteiger partial charge in [0.2, 0.25) is 0 Å². The van der Waals surface area contributed by atoms with Crippen LogP contribution in [0.2, 0.25) is 0 Å². The van der Waals surface area contributed by atoms with Gasteiger partial charge in [0.25, 0.3) is 0 Å². The van der Waals surface area contributed by atoms with Crippen LogP contribution in [0.5, 0.6) is 0 Å². The van der Waals surface area contributed by atoms with Crippen molar-refractivity contribution in [3.63, 3.8) is 0 Å². The molecular formula is C46H28N2. The molecule has 0 spiro atoms. The summed E-state index contributed by atoms with van der Waals surface area (Å²) in [6, 6.07) is 60.9. The van der Waals surface area contributed by atoms with Crippen LogP contribution in [0.25, 0.3) is 98.9 Å². The third kappa shape index (κ3) is 4.27. The van der Waals surface area contributed by atoms with Crippen LogP contribution < -0.4 is 0 Å². The lowest BCUT2D eigenvalue weighted by Crippen LogP contribution is -1.91. The van der Waals surface area contributed by atoms with Gasteiger partial charge in [0.15, 0.2) is 0 Å². The van der Waals surface area contributed by atoms with E-state index >= 15 is 0 Å². The first-order chi connectivity index (χ1) is 23.8. The van der Waals surface area contributed by atoms with Crippen LogP contribution in [0.3, 0.4) is 0 Å². The molecule has 2 heterocycles. The van der Waals surface area contributed by atoms with Gasteiger partial charge in [-0.05, 0) is 72.8 Å². The first kappa shape index (κ1) is 26.8. The van der Waals surface area contributed by atoms with Gasteiger partial charge in [-0.15, -0.1) is 0 Å². The zero-order chi connectivity index (χ0) is 31.6. The van der Waals surface area contributed by atoms with Crippen LogP contribution >= 0.6 is 0 Å². The maximum atomic E-state index is 5.20. The fourth-order valence-electron chi connectivity index (χ4n) is 7.39. The minimum Gasteiger partial charge on any atom is -0.245 e. The van der Waals surface area contributed by atoms with E-state index in [-0.39, 0.29) is 0 Å². The van der Waals surface area contributed by atoms with Gasteiger partial charge >= 0.3 is 0 Å². The summed E-state index contributed by atoms with van der Waals surface area (Å²) in [5.74, 6) is 0. The summed E-state index contributed by atoms with van der Waals surface area (Å²) in [5, 5.41) is 10.0. The lowest BCUT2D eigenvalue weighted by atomic mass is 9.89. The average molecular weight is 609 g/mol. The summed E-state index contributed by atoms with van der Waals surface area (Å²) in [7, 11) is 0. The Kier molecular flexibility index (Phi) is 5.91. The first-order valence-electron chi connectivity index (χ1n) is 16.4. The molecule has 10 aromatic rings. The van der Waals surface area contributed by atoms with E-state index in [0.29, 0.717) is 0 Å². The largest absolute Gasteiger partial charge is 0.245 e. The molecule has 0 N–H and O–H groups in total. The van der Waals surface area contributed by atoms with Gasteiger partial charge in [-0.3, -0.25) is 0 Å². The third-order valence-electron chi connectivity index (χ3n) is 9.81. The molecule has 0 radical (unpaired) electrons. The standard InChI is InChI=1S/C46H28N2/c1-2-6-31(7-3-1)41-26-22-35-18-19-36-23-27-42(48-46(36)45(35)47-41)38-11-5-10-37(28-38)29-12-14-30(15-13-29)39-24-20-34-17-16-32-8-4-9-33-21-25-40(39)44(34)43(32)33/h1-28H. The molecule has 2 aromatic heterocycles. The molecule has 0 amide bonds. The Labute approximate surface area is 277 Å². The van der Waals surface area contributed by atoms with Crippen molar-refractivity contribution in [2.75, 3.05) is 0 Å². The molecule has 0 atom stereocenters. The minimum atomic E-state index is 0.922. The van der Waals surface area contributed by atoms with Gasteiger partial charge in [-0.1, -0.05) is 152 Å². The number of hydrogen-bond acceptors (Lipinski definition) is 2. The molecule has 222 valence electrons. The van der Waals surface area contributed by atoms with Crippen LogP contribution in [-0.4, -0.2) is 9.97 Å². The molecule has 2 nitrogen and oxygen atoms in total. The fourth-order valence-corrected chi connectivity index (χ4v) is 7.39. The van der Waals surface area contributed by atoms with Crippen molar-refractivity contribution in [1.29, 1.82) is 0 Å². The van der Waals surface area contributed by atoms with Crippen molar-refractivity contribution in [3.8, 4) is 44.8 Å². The second kappa shape index (κ2) is 10.6. The number of nitrogens with zero attached hydrogens (tertiary/aromatic N) is 2. The Hall–Kier alpha value is -6.38. The van der Waals surface area contributed by atoms with Crippen LogP contribution in [0, 0.1) is 0 Å². The summed E-state index contributed by atoms with van der Waals surface area (Å²) in [4.78, 5) is 10.3. The molecule has 10 rings (SSSR count). The summed E-state index contributed by atoms with van der Waals surface area (Å²) in [6.45, 7) is 0. The monoisotopic (exact) mass is 608 g/mol. The molecule has 48 heavy (non-hydrogen) atoms. The van der Waals surface area contributed by atoms with E-state index < -0.39 is 0 Å². The van der Waals surface area contributed by atoms with Crippen LogP contribution in [0.4, 0.5) is 0 Å². The zero-order valence-electron chi connectivity index (χ0n) is 26.1. The van der Waals surface area contributed by atoms with Crippen molar-refractivity contribution >= 4 is 54.1 Å². The van der Waals surface area contributed by atoms with E-state index in [9.17, 15) is 0 Å². The molecule has 0 unspecified atom stereocenters. The highest BCUT2D eigenvalue weighted by Gasteiger charge is 2.13. The van der Waals surface area contributed by atoms with Gasteiger partial charge in [-0.2, -0.15) is 0 Å². The Bertz CT molecular complexity index is 2800. The quantitative estimate of drug-likeness (QED) is 0.186. The molecule has 0 saturated heterocycles. The highest BCUT2D eigenvalue weighted by atomic mass is 14.8. The summed E-state index contributed by atoms with van der Waals surface area (Å²) < 4.78 is 0. The maximum Gasteiger partial charge on any atom is 0.0972 e. The Morgan fingerprint density at radius 3 is 1.54 bits per heavy atom. The number of benzene rings is 8. The second-order valence-corrected chi connectivity index (χ2v) is 12.6. The van der Waals surface area contributed by atoms with Crippen LogP contribution in [-0.2, 0) is 0 Å². The Morgan fingerprint density at radius 1 is 0.292 bits per heavy atom. The van der Waals surface area contributed by atoms with Gasteiger partial charge < -0.3 is 0 Å². The maximum absolute atomic E-state index is 5.20. The number of fused-ring (bicyclic) bond motifs is 3. The average Bonchev–Trinajstić information content (AvgIpc) is 3.17. The highest BCUT2D eigenvalue weighted by Crippen LogP contribution is 2.40. The Morgan fingerprint density at radius 2 is 0.812 bits per heavy atom. The first-order valence-corrected chi connectivity index (χ1v) is 16.4. The van der Waals surface area contributed by atoms with E-state index in [0.717, 1.165) is 44.3 Å². The highest BCUT2D eigenvalue weighted by molar-refractivity contribution is 6.25. The normalized spacial score (nSPS) is 11.8. The van der Waals surface area contributed by atoms with E-state index in [1.807, 2.05) is 18.2 Å².